The molecule has 0 N–H and O–H groups in total. The smallest absolute Gasteiger partial charge is 0.213 e. The van der Waals surface area contributed by atoms with Gasteiger partial charge in [0, 0.05) is 119 Å². The quantitative estimate of drug-likeness (QED) is 0.0865. The number of hydrogen-bond acceptors (Lipinski definition) is 3. The van der Waals surface area contributed by atoms with Crippen LogP contribution in [0, 0.1) is 93.5 Å². The Morgan fingerprint density at radius 2 is 0.685 bits per heavy atom. The zero-order chi connectivity index (χ0) is 72.4. The SMILES string of the molecule is C.Cc1ccc(-c2[c-]ccc(-c3ccc(F)c(F)c3)c2)nc1.Cc1ccc(-c2[c-]ccc(-c3cccc(F)c3)c2)nc1.Cc1ccc(-c2[c-]ccc(-c3ccccc3F)c2)nc1.Cc1ccc2[n+](c1)Cc1ccc(-c3cc(F)ccc3F)cc1-2.Cc1ccc2[n+](c1)Cc1ccc(-c3ccc(F)cc3)cc1-2.[Ir].[Ir].[Ir]. The van der Waals surface area contributed by atoms with Crippen LogP contribution in [0.3, 0.4) is 0 Å². The van der Waals surface area contributed by atoms with Crippen molar-refractivity contribution in [1.82, 2.24) is 15.0 Å². The summed E-state index contributed by atoms with van der Waals surface area (Å²) >= 11 is 0. The van der Waals surface area contributed by atoms with Gasteiger partial charge in [-0.3, -0.25) is 0 Å². The Hall–Kier alpha value is -10.6. The van der Waals surface area contributed by atoms with E-state index in [1.165, 1.54) is 82.0 Å². The average molecular weight is 1970 g/mol. The van der Waals surface area contributed by atoms with E-state index in [2.05, 4.69) is 111 Å². The first-order chi connectivity index (χ1) is 50.4. The van der Waals surface area contributed by atoms with Gasteiger partial charge in [-0.05, 0) is 187 Å². The van der Waals surface area contributed by atoms with Crippen LogP contribution in [0.25, 0.3) is 112 Å². The molecule has 17 rings (SSSR count). The molecule has 2 aliphatic rings. The number of halogens is 7. The van der Waals surface area contributed by atoms with Crippen LogP contribution in [0.15, 0.2) is 292 Å². The molecule has 0 saturated heterocycles. The predicted octanol–water partition coefficient (Wildman–Crippen LogP) is 23.1. The summed E-state index contributed by atoms with van der Waals surface area (Å²) in [4.78, 5) is 13.1. The van der Waals surface area contributed by atoms with Crippen molar-refractivity contribution in [2.24, 2.45) is 0 Å². The molecule has 545 valence electrons. The summed E-state index contributed by atoms with van der Waals surface area (Å²) in [6, 6.07) is 86.2. The van der Waals surface area contributed by atoms with E-state index < -0.39 is 23.3 Å². The van der Waals surface area contributed by atoms with Crippen LogP contribution in [0.1, 0.15) is 46.4 Å². The van der Waals surface area contributed by atoms with Crippen molar-refractivity contribution >= 4 is 0 Å². The molecular weight excluding hydrogens is 1900 g/mol. The van der Waals surface area contributed by atoms with Crippen molar-refractivity contribution < 1.29 is 100 Å². The first kappa shape index (κ1) is 81.5. The van der Waals surface area contributed by atoms with Gasteiger partial charge in [-0.1, -0.05) is 122 Å². The molecule has 15 aromatic rings. The van der Waals surface area contributed by atoms with E-state index in [-0.39, 0.29) is 85.2 Å². The molecule has 10 aromatic carbocycles. The standard InChI is InChI=1S/C19H14F2N.C19H15FN.C18H12F2N.2C18H13FN.CH4.3Ir/c1-12-2-7-19-17-8-13(3-4-14(17)11-22(19)10-12)16-9-15(20)5-6-18(16)21;1-13-2-9-19-18-10-15(14-5-7-17(20)8-6-14)3-4-16(18)12-21(19)11-13;1-12-5-8-18(21-11-12)15-4-2-3-13(9-15)14-6-7-16(19)17(20)10-14;1-13-8-9-18(20-12-13)16-6-2-4-14(10-16)15-5-3-7-17(19)11-15;1-13-9-10-18(20-12-13)15-6-4-5-14(11-15)16-7-2-3-8-17(16)19;;;;/h2-10H,11H2,1H3;2-11H,12H2,1H3;2-3,5-11H,1H3;2*2-5,7-12H,1H3;1H4;;;/q2*+1;3*-1;;;;. The molecule has 0 unspecified atom stereocenters. The second-order valence-corrected chi connectivity index (χ2v) is 25.6. The third-order valence-corrected chi connectivity index (χ3v) is 17.8. The summed E-state index contributed by atoms with van der Waals surface area (Å²) in [6.45, 7) is 11.9. The number of fused-ring (bicyclic) bond motifs is 6. The number of nitrogens with zero attached hydrogens (tertiary/aromatic N) is 5. The zero-order valence-corrected chi connectivity index (χ0v) is 65.7. The first-order valence-electron chi connectivity index (χ1n) is 33.7. The van der Waals surface area contributed by atoms with E-state index in [1.807, 2.05) is 154 Å². The summed E-state index contributed by atoms with van der Waals surface area (Å²) in [7, 11) is 0. The Labute approximate surface area is 666 Å². The summed E-state index contributed by atoms with van der Waals surface area (Å²) in [6.07, 6.45) is 9.73. The minimum Gasteiger partial charge on any atom is -0.304 e. The third-order valence-electron chi connectivity index (χ3n) is 17.8. The number of hydrogen-bond donors (Lipinski definition) is 0. The van der Waals surface area contributed by atoms with Crippen molar-refractivity contribution in [1.29, 1.82) is 0 Å². The summed E-state index contributed by atoms with van der Waals surface area (Å²) in [5, 5.41) is 0. The molecule has 3 radical (unpaired) electrons. The largest absolute Gasteiger partial charge is 0.304 e. The molecule has 0 atom stereocenters. The maximum absolute atomic E-state index is 14.0. The Bertz CT molecular complexity index is 5610. The Balaban J connectivity index is 0.000000154. The van der Waals surface area contributed by atoms with Crippen LogP contribution in [-0.2, 0) is 73.4 Å². The monoisotopic (exact) mass is 1970 g/mol. The van der Waals surface area contributed by atoms with Crippen molar-refractivity contribution in [2.75, 3.05) is 0 Å². The molecule has 2 aliphatic heterocycles. The second-order valence-electron chi connectivity index (χ2n) is 25.6. The van der Waals surface area contributed by atoms with Gasteiger partial charge in [0.25, 0.3) is 0 Å². The number of pyridine rings is 5. The topological polar surface area (TPSA) is 46.4 Å². The third kappa shape index (κ3) is 20.0. The molecule has 5 nitrogen and oxygen atoms in total. The van der Waals surface area contributed by atoms with Gasteiger partial charge in [-0.15, -0.1) is 101 Å². The number of rotatable bonds is 8. The van der Waals surface area contributed by atoms with Crippen molar-refractivity contribution in [3.63, 3.8) is 0 Å². The number of aryl methyl sites for hydroxylation is 5. The van der Waals surface area contributed by atoms with Crippen LogP contribution in [0.2, 0.25) is 0 Å². The van der Waals surface area contributed by atoms with Gasteiger partial charge in [-0.2, -0.15) is 9.13 Å². The molecule has 7 heterocycles. The molecule has 0 fully saturated rings. The molecule has 108 heavy (non-hydrogen) atoms. The van der Waals surface area contributed by atoms with Gasteiger partial charge in [0.2, 0.25) is 11.4 Å². The summed E-state index contributed by atoms with van der Waals surface area (Å²) < 4.78 is 98.4. The van der Waals surface area contributed by atoms with Crippen LogP contribution < -0.4 is 9.13 Å². The molecule has 5 aromatic heterocycles. The molecule has 15 heteroatoms. The van der Waals surface area contributed by atoms with Crippen molar-refractivity contribution in [2.45, 2.75) is 55.1 Å². The second kappa shape index (κ2) is 37.3. The van der Waals surface area contributed by atoms with Crippen LogP contribution >= 0.6 is 0 Å². The van der Waals surface area contributed by atoms with E-state index >= 15 is 0 Å². The Morgan fingerprint density at radius 3 is 1.19 bits per heavy atom. The number of aromatic nitrogens is 5. The van der Waals surface area contributed by atoms with E-state index in [1.54, 1.807) is 42.6 Å². The molecule has 0 amide bonds. The Kier molecular flexibility index (Phi) is 28.1. The fourth-order valence-electron chi connectivity index (χ4n) is 12.4. The van der Waals surface area contributed by atoms with Gasteiger partial charge in [0.15, 0.2) is 37.1 Å². The van der Waals surface area contributed by atoms with Gasteiger partial charge >= 0.3 is 0 Å². The van der Waals surface area contributed by atoms with Gasteiger partial charge < -0.3 is 15.0 Å². The van der Waals surface area contributed by atoms with Crippen LogP contribution in [-0.4, -0.2) is 15.0 Å². The summed E-state index contributed by atoms with van der Waals surface area (Å²) in [5.41, 5.74) is 26.0. The maximum atomic E-state index is 14.0. The summed E-state index contributed by atoms with van der Waals surface area (Å²) in [5.74, 6) is -3.18. The molecule has 0 spiro atoms. The fourth-order valence-corrected chi connectivity index (χ4v) is 12.4. The zero-order valence-electron chi connectivity index (χ0n) is 58.5. The van der Waals surface area contributed by atoms with Gasteiger partial charge in [-0.25, -0.2) is 30.7 Å². The van der Waals surface area contributed by atoms with E-state index in [0.717, 1.165) is 120 Å². The van der Waals surface area contributed by atoms with Gasteiger partial charge in [0.1, 0.15) is 29.1 Å². The number of benzene rings is 10. The van der Waals surface area contributed by atoms with E-state index in [9.17, 15) is 30.7 Å². The van der Waals surface area contributed by atoms with Crippen LogP contribution in [0.4, 0.5) is 30.7 Å². The minimum absolute atomic E-state index is 0. The van der Waals surface area contributed by atoms with Crippen LogP contribution in [0.5, 0.6) is 0 Å². The predicted molar refractivity (Wildman–Crippen MR) is 405 cm³/mol. The van der Waals surface area contributed by atoms with Crippen molar-refractivity contribution in [3.05, 3.63) is 390 Å². The maximum Gasteiger partial charge on any atom is 0.213 e. The minimum atomic E-state index is -0.852. The average Bonchev–Trinajstić information content (AvgIpc) is 1.63. The molecule has 0 aliphatic carbocycles. The molecule has 0 bridgehead atoms. The van der Waals surface area contributed by atoms with E-state index in [4.69, 9.17) is 0 Å². The first-order valence-corrected chi connectivity index (χ1v) is 33.7. The normalized spacial score (nSPS) is 10.8. The van der Waals surface area contributed by atoms with Gasteiger partial charge in [0.05, 0.1) is 11.1 Å². The molecule has 0 saturated carbocycles. The molecular formula is C93H71F7Ir3N5-. The van der Waals surface area contributed by atoms with Crippen molar-refractivity contribution in [3.8, 4) is 112 Å². The Morgan fingerprint density at radius 1 is 0.287 bits per heavy atom. The fraction of sp³-hybridized carbons (Fsp3) is 0.0860. The van der Waals surface area contributed by atoms with E-state index in [0.29, 0.717) is 22.3 Å².